The van der Waals surface area contributed by atoms with Crippen LogP contribution in [0.4, 0.5) is 5.69 Å². The van der Waals surface area contributed by atoms with Crippen LogP contribution in [0.25, 0.3) is 15.5 Å². The minimum absolute atomic E-state index is 0.116. The fourth-order valence-electron chi connectivity index (χ4n) is 2.46. The molecular weight excluding hydrogens is 334 g/mol. The van der Waals surface area contributed by atoms with Gasteiger partial charge in [-0.05, 0) is 61.4 Å². The number of carbonyl (C=O) groups is 1. The van der Waals surface area contributed by atoms with Gasteiger partial charge in [0, 0.05) is 16.8 Å². The van der Waals surface area contributed by atoms with E-state index < -0.39 is 0 Å². The highest BCUT2D eigenvalue weighted by Crippen LogP contribution is 2.26. The Balaban J connectivity index is 1.52. The van der Waals surface area contributed by atoms with E-state index in [1.807, 2.05) is 56.3 Å². The molecule has 2 aromatic heterocycles. The Morgan fingerprint density at radius 1 is 1.08 bits per heavy atom. The predicted molar refractivity (Wildman–Crippen MR) is 98.0 cm³/mol. The molecule has 0 spiro atoms. The van der Waals surface area contributed by atoms with E-state index in [0.717, 1.165) is 26.8 Å². The Labute approximate surface area is 148 Å². The van der Waals surface area contributed by atoms with Crippen molar-refractivity contribution in [3.63, 3.8) is 0 Å². The maximum atomic E-state index is 12.4. The molecule has 4 rings (SSSR count). The molecule has 4 aromatic rings. The van der Waals surface area contributed by atoms with Crippen LogP contribution in [-0.2, 0) is 0 Å². The standard InChI is InChI=1S/C18H15N5OS/c1-11-3-4-14(9-12(11)2)16(24)20-15-7-5-13(6-8-15)17-22-23-10-19-21-18(23)25-17/h3-10H,1-2H3,(H,20,24). The maximum absolute atomic E-state index is 12.4. The minimum atomic E-state index is -0.116. The summed E-state index contributed by atoms with van der Waals surface area (Å²) in [7, 11) is 0. The van der Waals surface area contributed by atoms with Gasteiger partial charge < -0.3 is 5.32 Å². The van der Waals surface area contributed by atoms with Gasteiger partial charge in [0.1, 0.15) is 11.3 Å². The van der Waals surface area contributed by atoms with Gasteiger partial charge in [-0.2, -0.15) is 9.61 Å². The maximum Gasteiger partial charge on any atom is 0.255 e. The lowest BCUT2D eigenvalue weighted by molar-refractivity contribution is 0.102. The number of rotatable bonds is 3. The van der Waals surface area contributed by atoms with Crippen molar-refractivity contribution in [3.05, 3.63) is 65.5 Å². The molecule has 0 bridgehead atoms. The summed E-state index contributed by atoms with van der Waals surface area (Å²) in [5, 5.41) is 16.0. The second-order valence-corrected chi connectivity index (χ2v) is 6.75. The first-order valence-electron chi connectivity index (χ1n) is 7.76. The second kappa shape index (κ2) is 6.10. The van der Waals surface area contributed by atoms with Gasteiger partial charge >= 0.3 is 0 Å². The fourth-order valence-corrected chi connectivity index (χ4v) is 3.28. The number of hydrogen-bond acceptors (Lipinski definition) is 5. The molecule has 0 saturated heterocycles. The number of nitrogens with one attached hydrogen (secondary N) is 1. The first-order valence-corrected chi connectivity index (χ1v) is 8.58. The molecule has 6 nitrogen and oxygen atoms in total. The summed E-state index contributed by atoms with van der Waals surface area (Å²) in [4.78, 5) is 13.1. The highest BCUT2D eigenvalue weighted by molar-refractivity contribution is 7.19. The molecule has 0 saturated carbocycles. The van der Waals surface area contributed by atoms with Crippen molar-refractivity contribution >= 4 is 27.9 Å². The summed E-state index contributed by atoms with van der Waals surface area (Å²) in [6.45, 7) is 4.03. The van der Waals surface area contributed by atoms with Crippen LogP contribution in [0.2, 0.25) is 0 Å². The summed E-state index contributed by atoms with van der Waals surface area (Å²) in [5.74, 6) is -0.116. The van der Waals surface area contributed by atoms with E-state index in [9.17, 15) is 4.79 Å². The molecular formula is C18H15N5OS. The summed E-state index contributed by atoms with van der Waals surface area (Å²) < 4.78 is 1.65. The third-order valence-electron chi connectivity index (χ3n) is 4.05. The Morgan fingerprint density at radius 3 is 2.60 bits per heavy atom. The van der Waals surface area contributed by atoms with Crippen molar-refractivity contribution in [3.8, 4) is 10.6 Å². The van der Waals surface area contributed by atoms with Crippen LogP contribution in [-0.4, -0.2) is 25.7 Å². The van der Waals surface area contributed by atoms with Crippen LogP contribution in [0.3, 0.4) is 0 Å². The zero-order valence-electron chi connectivity index (χ0n) is 13.7. The molecule has 25 heavy (non-hydrogen) atoms. The zero-order chi connectivity index (χ0) is 17.4. The zero-order valence-corrected chi connectivity index (χ0v) is 14.5. The van der Waals surface area contributed by atoms with Crippen LogP contribution in [0.5, 0.6) is 0 Å². The number of benzene rings is 2. The van der Waals surface area contributed by atoms with Crippen molar-refractivity contribution in [2.45, 2.75) is 13.8 Å². The lowest BCUT2D eigenvalue weighted by Gasteiger charge is -2.07. The van der Waals surface area contributed by atoms with E-state index in [2.05, 4.69) is 20.6 Å². The largest absolute Gasteiger partial charge is 0.322 e. The third-order valence-corrected chi connectivity index (χ3v) is 5.01. The Hall–Kier alpha value is -3.06. The number of fused-ring (bicyclic) bond motifs is 1. The first-order chi connectivity index (χ1) is 12.1. The smallest absolute Gasteiger partial charge is 0.255 e. The summed E-state index contributed by atoms with van der Waals surface area (Å²) in [6.07, 6.45) is 1.58. The quantitative estimate of drug-likeness (QED) is 0.612. The Morgan fingerprint density at radius 2 is 1.88 bits per heavy atom. The van der Waals surface area contributed by atoms with Gasteiger partial charge in [0.15, 0.2) is 0 Å². The normalized spacial score (nSPS) is 11.0. The summed E-state index contributed by atoms with van der Waals surface area (Å²) >= 11 is 1.47. The molecule has 124 valence electrons. The fraction of sp³-hybridized carbons (Fsp3) is 0.111. The average molecular weight is 349 g/mol. The molecule has 0 radical (unpaired) electrons. The molecule has 1 amide bonds. The summed E-state index contributed by atoms with van der Waals surface area (Å²) in [6, 6.07) is 13.3. The monoisotopic (exact) mass is 349 g/mol. The number of carbonyl (C=O) groups excluding carboxylic acids is 1. The topological polar surface area (TPSA) is 72.2 Å². The van der Waals surface area contributed by atoms with Gasteiger partial charge in [0.05, 0.1) is 0 Å². The molecule has 2 heterocycles. The minimum Gasteiger partial charge on any atom is -0.322 e. The molecule has 7 heteroatoms. The molecule has 0 aliphatic heterocycles. The van der Waals surface area contributed by atoms with Crippen molar-refractivity contribution < 1.29 is 4.79 Å². The molecule has 1 N–H and O–H groups in total. The van der Waals surface area contributed by atoms with Gasteiger partial charge in [-0.3, -0.25) is 4.79 Å². The third kappa shape index (κ3) is 3.01. The van der Waals surface area contributed by atoms with Crippen LogP contribution in [0.1, 0.15) is 21.5 Å². The van der Waals surface area contributed by atoms with Crippen molar-refractivity contribution in [1.29, 1.82) is 0 Å². The van der Waals surface area contributed by atoms with Crippen LogP contribution >= 0.6 is 11.3 Å². The number of hydrogen-bond donors (Lipinski definition) is 1. The van der Waals surface area contributed by atoms with Crippen molar-refractivity contribution in [2.75, 3.05) is 5.32 Å². The molecule has 0 atom stereocenters. The summed E-state index contributed by atoms with van der Waals surface area (Å²) in [5.41, 5.74) is 4.65. The SMILES string of the molecule is Cc1ccc(C(=O)Nc2ccc(-c3nn4cnnc4s3)cc2)cc1C. The lowest BCUT2D eigenvalue weighted by atomic mass is 10.1. The second-order valence-electron chi connectivity index (χ2n) is 5.80. The van der Waals surface area contributed by atoms with Gasteiger partial charge in [-0.25, -0.2) is 0 Å². The highest BCUT2D eigenvalue weighted by atomic mass is 32.1. The van der Waals surface area contributed by atoms with E-state index in [4.69, 9.17) is 0 Å². The number of anilines is 1. The first kappa shape index (κ1) is 15.5. The van der Waals surface area contributed by atoms with E-state index >= 15 is 0 Å². The molecule has 0 aliphatic rings. The molecule has 2 aromatic carbocycles. The van der Waals surface area contributed by atoms with Gasteiger partial charge in [-0.1, -0.05) is 17.4 Å². The van der Waals surface area contributed by atoms with Gasteiger partial charge in [-0.15, -0.1) is 10.2 Å². The van der Waals surface area contributed by atoms with E-state index in [0.29, 0.717) is 5.56 Å². The molecule has 0 aliphatic carbocycles. The highest BCUT2D eigenvalue weighted by Gasteiger charge is 2.10. The average Bonchev–Trinajstić information content (AvgIpc) is 3.20. The predicted octanol–water partition coefficient (Wildman–Crippen LogP) is 3.72. The molecule has 0 fully saturated rings. The van der Waals surface area contributed by atoms with E-state index in [-0.39, 0.29) is 5.91 Å². The number of aromatic nitrogens is 4. The van der Waals surface area contributed by atoms with E-state index in [1.165, 1.54) is 16.9 Å². The van der Waals surface area contributed by atoms with Crippen LogP contribution in [0, 0.1) is 13.8 Å². The number of amides is 1. The number of aryl methyl sites for hydroxylation is 2. The van der Waals surface area contributed by atoms with Crippen molar-refractivity contribution in [2.24, 2.45) is 0 Å². The Bertz CT molecular complexity index is 1040. The Kier molecular flexibility index (Phi) is 3.77. The van der Waals surface area contributed by atoms with Gasteiger partial charge in [0.25, 0.3) is 5.91 Å². The van der Waals surface area contributed by atoms with Crippen LogP contribution < -0.4 is 5.32 Å². The number of nitrogens with zero attached hydrogens (tertiary/aromatic N) is 4. The lowest BCUT2D eigenvalue weighted by Crippen LogP contribution is -2.12. The molecule has 0 unspecified atom stereocenters. The van der Waals surface area contributed by atoms with Crippen molar-refractivity contribution in [1.82, 2.24) is 19.8 Å². The van der Waals surface area contributed by atoms with E-state index in [1.54, 1.807) is 10.8 Å². The van der Waals surface area contributed by atoms with Crippen LogP contribution in [0.15, 0.2) is 48.8 Å². The van der Waals surface area contributed by atoms with Gasteiger partial charge in [0.2, 0.25) is 4.96 Å².